The van der Waals surface area contributed by atoms with Gasteiger partial charge in [-0.15, -0.1) is 0 Å². The van der Waals surface area contributed by atoms with Gasteiger partial charge in [-0.25, -0.2) is 4.98 Å². The van der Waals surface area contributed by atoms with Gasteiger partial charge in [0.15, 0.2) is 5.82 Å². The van der Waals surface area contributed by atoms with Crippen LogP contribution in [0.1, 0.15) is 30.5 Å². The van der Waals surface area contributed by atoms with E-state index in [0.29, 0.717) is 17.0 Å². The van der Waals surface area contributed by atoms with Crippen molar-refractivity contribution in [2.45, 2.75) is 25.7 Å². The maximum Gasteiger partial charge on any atom is 0.223 e. The first kappa shape index (κ1) is 12.4. The van der Waals surface area contributed by atoms with Gasteiger partial charge in [0.25, 0.3) is 0 Å². The van der Waals surface area contributed by atoms with E-state index in [1.807, 2.05) is 19.1 Å². The molecule has 0 spiro atoms. The van der Waals surface area contributed by atoms with Crippen molar-refractivity contribution in [2.75, 3.05) is 18.0 Å². The lowest BCUT2D eigenvalue weighted by Crippen LogP contribution is -2.33. The van der Waals surface area contributed by atoms with Crippen LogP contribution in [0.15, 0.2) is 22.9 Å². The number of aryl methyl sites for hydroxylation is 1. The minimum atomic E-state index is 0.394. The molecule has 3 heterocycles. The lowest BCUT2D eigenvalue weighted by molar-refractivity contribution is 0.375. The molecule has 19 heavy (non-hydrogen) atoms. The molecule has 0 bridgehead atoms. The van der Waals surface area contributed by atoms with Crippen LogP contribution in [0.5, 0.6) is 0 Å². The maximum atomic E-state index is 5.92. The molecular formula is C13H15ClN4O. The van der Waals surface area contributed by atoms with E-state index in [1.54, 1.807) is 6.20 Å². The summed E-state index contributed by atoms with van der Waals surface area (Å²) in [4.78, 5) is 10.6. The largest absolute Gasteiger partial charge is 0.371 e. The third-order valence-electron chi connectivity index (χ3n) is 3.48. The van der Waals surface area contributed by atoms with Crippen LogP contribution in [-0.4, -0.2) is 28.2 Å². The highest BCUT2D eigenvalue weighted by atomic mass is 35.5. The minimum absolute atomic E-state index is 0.394. The minimum Gasteiger partial charge on any atom is -0.371 e. The Hall–Kier alpha value is -1.62. The SMILES string of the molecule is Cc1nc(C2CCN(c3ccnc(Cl)c3)CC2)no1. The van der Waals surface area contributed by atoms with E-state index < -0.39 is 0 Å². The highest BCUT2D eigenvalue weighted by molar-refractivity contribution is 6.29. The fraction of sp³-hybridized carbons (Fsp3) is 0.462. The Balaban J connectivity index is 1.66. The molecule has 1 aliphatic rings. The van der Waals surface area contributed by atoms with Crippen molar-refractivity contribution in [3.05, 3.63) is 35.2 Å². The summed E-state index contributed by atoms with van der Waals surface area (Å²) in [6, 6.07) is 3.89. The van der Waals surface area contributed by atoms with Crippen molar-refractivity contribution in [1.82, 2.24) is 15.1 Å². The third kappa shape index (κ3) is 2.71. The molecule has 100 valence electrons. The Labute approximate surface area is 116 Å². The van der Waals surface area contributed by atoms with Gasteiger partial charge in [0.2, 0.25) is 5.89 Å². The Morgan fingerprint density at radius 1 is 1.37 bits per heavy atom. The second-order valence-corrected chi connectivity index (χ2v) is 5.16. The molecular weight excluding hydrogens is 264 g/mol. The van der Waals surface area contributed by atoms with E-state index in [9.17, 15) is 0 Å². The molecule has 5 nitrogen and oxygen atoms in total. The normalized spacial score (nSPS) is 16.8. The fourth-order valence-electron chi connectivity index (χ4n) is 2.47. The highest BCUT2D eigenvalue weighted by Crippen LogP contribution is 2.29. The zero-order valence-electron chi connectivity index (χ0n) is 10.7. The Morgan fingerprint density at radius 2 is 2.16 bits per heavy atom. The van der Waals surface area contributed by atoms with Gasteiger partial charge in [0.1, 0.15) is 5.15 Å². The van der Waals surface area contributed by atoms with Crippen molar-refractivity contribution in [1.29, 1.82) is 0 Å². The Morgan fingerprint density at radius 3 is 2.79 bits per heavy atom. The van der Waals surface area contributed by atoms with Crippen molar-refractivity contribution < 1.29 is 4.52 Å². The summed E-state index contributed by atoms with van der Waals surface area (Å²) >= 11 is 5.92. The molecule has 0 unspecified atom stereocenters. The van der Waals surface area contributed by atoms with Gasteiger partial charge in [0.05, 0.1) is 0 Å². The van der Waals surface area contributed by atoms with Crippen LogP contribution in [0, 0.1) is 6.92 Å². The first-order valence-electron chi connectivity index (χ1n) is 6.39. The van der Waals surface area contributed by atoms with Crippen LogP contribution in [0.2, 0.25) is 5.15 Å². The molecule has 0 amide bonds. The first-order chi connectivity index (χ1) is 9.22. The van der Waals surface area contributed by atoms with Crippen LogP contribution >= 0.6 is 11.6 Å². The number of anilines is 1. The number of piperidine rings is 1. The van der Waals surface area contributed by atoms with E-state index in [-0.39, 0.29) is 0 Å². The Kier molecular flexibility index (Phi) is 3.38. The summed E-state index contributed by atoms with van der Waals surface area (Å²) in [5.74, 6) is 1.87. The summed E-state index contributed by atoms with van der Waals surface area (Å²) < 4.78 is 5.04. The van der Waals surface area contributed by atoms with Gasteiger partial charge in [-0.2, -0.15) is 4.98 Å². The number of nitrogens with zero attached hydrogens (tertiary/aromatic N) is 4. The van der Waals surface area contributed by atoms with E-state index in [4.69, 9.17) is 16.1 Å². The molecule has 1 saturated heterocycles. The van der Waals surface area contributed by atoms with E-state index >= 15 is 0 Å². The topological polar surface area (TPSA) is 55.1 Å². The highest BCUT2D eigenvalue weighted by Gasteiger charge is 2.24. The van der Waals surface area contributed by atoms with Gasteiger partial charge in [-0.05, 0) is 25.0 Å². The summed E-state index contributed by atoms with van der Waals surface area (Å²) in [6.07, 6.45) is 3.80. The molecule has 1 aliphatic heterocycles. The van der Waals surface area contributed by atoms with Gasteiger partial charge in [-0.3, -0.25) is 0 Å². The number of aromatic nitrogens is 3. The Bertz CT molecular complexity index is 563. The van der Waals surface area contributed by atoms with Crippen molar-refractivity contribution in [3.63, 3.8) is 0 Å². The molecule has 0 radical (unpaired) electrons. The zero-order valence-corrected chi connectivity index (χ0v) is 11.5. The number of pyridine rings is 1. The standard InChI is InChI=1S/C13H15ClN4O/c1-9-16-13(17-19-9)10-3-6-18(7-4-10)11-2-5-15-12(14)8-11/h2,5,8,10H,3-4,6-7H2,1H3. The lowest BCUT2D eigenvalue weighted by Gasteiger charge is -2.32. The molecule has 3 rings (SSSR count). The van der Waals surface area contributed by atoms with Crippen molar-refractivity contribution >= 4 is 17.3 Å². The quantitative estimate of drug-likeness (QED) is 0.791. The van der Waals surface area contributed by atoms with E-state index in [1.165, 1.54) is 0 Å². The maximum absolute atomic E-state index is 5.92. The predicted octanol–water partition coefficient (Wildman–Crippen LogP) is 2.81. The molecule has 2 aromatic rings. The van der Waals surface area contributed by atoms with Crippen LogP contribution in [0.3, 0.4) is 0 Å². The number of rotatable bonds is 2. The van der Waals surface area contributed by atoms with Gasteiger partial charge in [0, 0.05) is 37.8 Å². The monoisotopic (exact) mass is 278 g/mol. The summed E-state index contributed by atoms with van der Waals surface area (Å²) in [6.45, 7) is 3.77. The first-order valence-corrected chi connectivity index (χ1v) is 6.77. The van der Waals surface area contributed by atoms with Crippen molar-refractivity contribution in [3.8, 4) is 0 Å². The molecule has 0 N–H and O–H groups in total. The van der Waals surface area contributed by atoms with Gasteiger partial charge in [-0.1, -0.05) is 16.8 Å². The fourth-order valence-corrected chi connectivity index (χ4v) is 2.63. The van der Waals surface area contributed by atoms with Gasteiger partial charge >= 0.3 is 0 Å². The summed E-state index contributed by atoms with van der Waals surface area (Å²) in [5.41, 5.74) is 1.13. The van der Waals surface area contributed by atoms with Crippen LogP contribution in [0.4, 0.5) is 5.69 Å². The molecule has 6 heteroatoms. The molecule has 1 fully saturated rings. The lowest BCUT2D eigenvalue weighted by atomic mass is 9.96. The van der Waals surface area contributed by atoms with Crippen LogP contribution < -0.4 is 4.90 Å². The van der Waals surface area contributed by atoms with E-state index in [2.05, 4.69) is 20.0 Å². The smallest absolute Gasteiger partial charge is 0.223 e. The molecule has 0 aliphatic carbocycles. The van der Waals surface area contributed by atoms with Gasteiger partial charge < -0.3 is 9.42 Å². The number of halogens is 1. The van der Waals surface area contributed by atoms with Crippen molar-refractivity contribution in [2.24, 2.45) is 0 Å². The molecule has 0 atom stereocenters. The second-order valence-electron chi connectivity index (χ2n) is 4.77. The summed E-state index contributed by atoms with van der Waals surface area (Å²) in [5, 5.41) is 4.55. The second kappa shape index (κ2) is 5.17. The zero-order chi connectivity index (χ0) is 13.2. The number of hydrogen-bond acceptors (Lipinski definition) is 5. The molecule has 0 saturated carbocycles. The van der Waals surface area contributed by atoms with Crippen LogP contribution in [-0.2, 0) is 0 Å². The average molecular weight is 279 g/mol. The average Bonchev–Trinajstić information content (AvgIpc) is 2.86. The summed E-state index contributed by atoms with van der Waals surface area (Å²) in [7, 11) is 0. The third-order valence-corrected chi connectivity index (χ3v) is 3.69. The van der Waals surface area contributed by atoms with E-state index in [0.717, 1.165) is 37.4 Å². The number of hydrogen-bond donors (Lipinski definition) is 0. The molecule has 0 aromatic carbocycles. The predicted molar refractivity (Wildman–Crippen MR) is 72.5 cm³/mol. The van der Waals surface area contributed by atoms with Crippen LogP contribution in [0.25, 0.3) is 0 Å². The molecule has 2 aromatic heterocycles.